The highest BCUT2D eigenvalue weighted by Crippen LogP contribution is 2.42. The Labute approximate surface area is 134 Å². The van der Waals surface area contributed by atoms with Gasteiger partial charge in [0.1, 0.15) is 11.6 Å². The van der Waals surface area contributed by atoms with E-state index >= 15 is 0 Å². The molecule has 1 saturated carbocycles. The zero-order valence-electron chi connectivity index (χ0n) is 12.9. The van der Waals surface area contributed by atoms with Crippen molar-refractivity contribution in [2.75, 3.05) is 6.54 Å². The van der Waals surface area contributed by atoms with Crippen molar-refractivity contribution in [1.29, 1.82) is 0 Å². The van der Waals surface area contributed by atoms with Gasteiger partial charge in [0.2, 0.25) is 0 Å². The molecule has 1 aromatic heterocycles. The first-order valence-corrected chi connectivity index (χ1v) is 8.24. The Bertz CT molecular complexity index is 723. The van der Waals surface area contributed by atoms with E-state index < -0.39 is 0 Å². The van der Waals surface area contributed by atoms with E-state index in [-0.39, 0.29) is 17.8 Å². The molecular formula is C18H19FN2O2. The van der Waals surface area contributed by atoms with E-state index in [0.29, 0.717) is 18.2 Å². The van der Waals surface area contributed by atoms with Gasteiger partial charge in [0.15, 0.2) is 12.1 Å². The summed E-state index contributed by atoms with van der Waals surface area (Å²) in [6.07, 6.45) is 6.34. The molecule has 0 unspecified atom stereocenters. The summed E-state index contributed by atoms with van der Waals surface area (Å²) in [5.74, 6) is 0.711. The molecule has 2 heterocycles. The fraction of sp³-hybridized carbons (Fsp3) is 0.444. The topological polar surface area (TPSA) is 46.3 Å². The van der Waals surface area contributed by atoms with Crippen LogP contribution in [0.15, 0.2) is 35.1 Å². The van der Waals surface area contributed by atoms with Gasteiger partial charge in [-0.2, -0.15) is 0 Å². The van der Waals surface area contributed by atoms with E-state index in [9.17, 15) is 9.18 Å². The van der Waals surface area contributed by atoms with Crippen LogP contribution < -0.4 is 0 Å². The molecular weight excluding hydrogens is 295 g/mol. The van der Waals surface area contributed by atoms with Crippen molar-refractivity contribution >= 4 is 5.91 Å². The summed E-state index contributed by atoms with van der Waals surface area (Å²) in [5.41, 5.74) is 1.30. The maximum absolute atomic E-state index is 13.6. The van der Waals surface area contributed by atoms with E-state index in [0.717, 1.165) is 43.4 Å². The molecule has 0 bridgehead atoms. The molecule has 1 atom stereocenters. The Kier molecular flexibility index (Phi) is 3.63. The summed E-state index contributed by atoms with van der Waals surface area (Å²) in [7, 11) is 0. The minimum absolute atomic E-state index is 0.0873. The molecule has 1 aliphatic heterocycles. The predicted molar refractivity (Wildman–Crippen MR) is 82.5 cm³/mol. The molecule has 0 spiro atoms. The molecule has 1 amide bonds. The highest BCUT2D eigenvalue weighted by Gasteiger charge is 2.36. The van der Waals surface area contributed by atoms with Crippen molar-refractivity contribution in [3.63, 3.8) is 0 Å². The standard InChI is InChI=1S/C18H19FN2O2/c19-14-5-3-4-13(10-14)15-6-1-2-9-21(15)18(22)16-17(12-7-8-12)23-11-20-16/h3-5,10-12,15H,1-2,6-9H2/t15-/m1/s1. The van der Waals surface area contributed by atoms with Gasteiger partial charge in [-0.05, 0) is 49.8 Å². The van der Waals surface area contributed by atoms with Crippen molar-refractivity contribution in [2.45, 2.75) is 44.1 Å². The first kappa shape index (κ1) is 14.4. The lowest BCUT2D eigenvalue weighted by Crippen LogP contribution is -2.39. The molecule has 5 heteroatoms. The Morgan fingerprint density at radius 3 is 2.91 bits per heavy atom. The lowest BCUT2D eigenvalue weighted by atomic mass is 9.94. The average Bonchev–Trinajstić information content (AvgIpc) is 3.31. The summed E-state index contributed by atoms with van der Waals surface area (Å²) in [4.78, 5) is 19.0. The second kappa shape index (κ2) is 5.80. The van der Waals surface area contributed by atoms with Gasteiger partial charge < -0.3 is 9.32 Å². The van der Waals surface area contributed by atoms with Crippen molar-refractivity contribution < 1.29 is 13.6 Å². The fourth-order valence-corrected chi connectivity index (χ4v) is 3.42. The molecule has 2 aliphatic rings. The summed E-state index contributed by atoms with van der Waals surface area (Å²) in [6, 6.07) is 6.47. The number of oxazole rings is 1. The van der Waals surface area contributed by atoms with Crippen molar-refractivity contribution in [3.05, 3.63) is 53.5 Å². The normalized spacial score (nSPS) is 21.4. The first-order chi connectivity index (χ1) is 11.2. The molecule has 23 heavy (non-hydrogen) atoms. The first-order valence-electron chi connectivity index (χ1n) is 8.24. The maximum Gasteiger partial charge on any atom is 0.276 e. The van der Waals surface area contributed by atoms with Crippen molar-refractivity contribution in [3.8, 4) is 0 Å². The molecule has 2 fully saturated rings. The Hall–Kier alpha value is -2.17. The fourth-order valence-electron chi connectivity index (χ4n) is 3.42. The predicted octanol–water partition coefficient (Wildman–Crippen LogP) is 4.06. The van der Waals surface area contributed by atoms with Gasteiger partial charge in [-0.15, -0.1) is 0 Å². The number of hydrogen-bond acceptors (Lipinski definition) is 3. The number of nitrogens with zero attached hydrogens (tertiary/aromatic N) is 2. The van der Waals surface area contributed by atoms with E-state index in [1.807, 2.05) is 11.0 Å². The van der Waals surface area contributed by atoms with Gasteiger partial charge in [0.25, 0.3) is 5.91 Å². The summed E-state index contributed by atoms with van der Waals surface area (Å²) in [5, 5.41) is 0. The van der Waals surface area contributed by atoms with Crippen molar-refractivity contribution in [1.82, 2.24) is 9.88 Å². The SMILES string of the molecule is O=C(c1ncoc1C1CC1)N1CCCC[C@@H]1c1cccc(F)c1. The van der Waals surface area contributed by atoms with Crippen LogP contribution in [0.5, 0.6) is 0 Å². The lowest BCUT2D eigenvalue weighted by molar-refractivity contribution is 0.0603. The van der Waals surface area contributed by atoms with E-state index in [2.05, 4.69) is 4.98 Å². The summed E-state index contributed by atoms with van der Waals surface area (Å²) < 4.78 is 19.0. The van der Waals surface area contributed by atoms with Crippen LogP contribution in [-0.2, 0) is 0 Å². The van der Waals surface area contributed by atoms with Crippen LogP contribution in [0.3, 0.4) is 0 Å². The molecule has 0 N–H and O–H groups in total. The minimum Gasteiger partial charge on any atom is -0.447 e. The van der Waals surface area contributed by atoms with Gasteiger partial charge in [-0.1, -0.05) is 12.1 Å². The number of amides is 1. The lowest BCUT2D eigenvalue weighted by Gasteiger charge is -2.35. The van der Waals surface area contributed by atoms with Crippen LogP contribution in [0.1, 0.15) is 65.9 Å². The van der Waals surface area contributed by atoms with Crippen LogP contribution in [0.2, 0.25) is 0 Å². The zero-order chi connectivity index (χ0) is 15.8. The number of hydrogen-bond donors (Lipinski definition) is 0. The average molecular weight is 314 g/mol. The third-order valence-electron chi connectivity index (χ3n) is 4.74. The smallest absolute Gasteiger partial charge is 0.276 e. The molecule has 1 saturated heterocycles. The number of carbonyl (C=O) groups is 1. The molecule has 0 radical (unpaired) electrons. The van der Waals surface area contributed by atoms with Crippen LogP contribution in [0.25, 0.3) is 0 Å². The van der Waals surface area contributed by atoms with Gasteiger partial charge in [-0.25, -0.2) is 9.37 Å². The number of halogens is 1. The van der Waals surface area contributed by atoms with Gasteiger partial charge in [-0.3, -0.25) is 4.79 Å². The van der Waals surface area contributed by atoms with Gasteiger partial charge in [0.05, 0.1) is 6.04 Å². The van der Waals surface area contributed by atoms with Crippen LogP contribution in [0, 0.1) is 5.82 Å². The highest BCUT2D eigenvalue weighted by molar-refractivity contribution is 5.93. The van der Waals surface area contributed by atoms with Crippen molar-refractivity contribution in [2.24, 2.45) is 0 Å². The van der Waals surface area contributed by atoms with Gasteiger partial charge >= 0.3 is 0 Å². The molecule has 4 rings (SSSR count). The molecule has 1 aliphatic carbocycles. The Morgan fingerprint density at radius 2 is 2.13 bits per heavy atom. The van der Waals surface area contributed by atoms with E-state index in [1.54, 1.807) is 6.07 Å². The van der Waals surface area contributed by atoms with Crippen LogP contribution in [0.4, 0.5) is 4.39 Å². The van der Waals surface area contributed by atoms with Crippen LogP contribution in [-0.4, -0.2) is 22.3 Å². The quantitative estimate of drug-likeness (QED) is 0.858. The second-order valence-electron chi connectivity index (χ2n) is 6.40. The maximum atomic E-state index is 13.6. The monoisotopic (exact) mass is 314 g/mol. The third-order valence-corrected chi connectivity index (χ3v) is 4.74. The number of rotatable bonds is 3. The number of likely N-dealkylation sites (tertiary alicyclic amines) is 1. The Balaban J connectivity index is 1.64. The van der Waals surface area contributed by atoms with Gasteiger partial charge in [0, 0.05) is 12.5 Å². The molecule has 4 nitrogen and oxygen atoms in total. The Morgan fingerprint density at radius 1 is 1.26 bits per heavy atom. The van der Waals surface area contributed by atoms with Crippen LogP contribution >= 0.6 is 0 Å². The zero-order valence-corrected chi connectivity index (χ0v) is 12.9. The molecule has 1 aromatic carbocycles. The third kappa shape index (κ3) is 2.76. The van der Waals surface area contributed by atoms with E-state index in [4.69, 9.17) is 4.42 Å². The number of aromatic nitrogens is 1. The number of piperidine rings is 1. The number of carbonyl (C=O) groups excluding carboxylic acids is 1. The van der Waals surface area contributed by atoms with E-state index in [1.165, 1.54) is 18.5 Å². The molecule has 120 valence electrons. The molecule has 2 aromatic rings. The number of benzene rings is 1. The highest BCUT2D eigenvalue weighted by atomic mass is 19.1. The summed E-state index contributed by atoms with van der Waals surface area (Å²) >= 11 is 0. The minimum atomic E-state index is -0.263. The summed E-state index contributed by atoms with van der Waals surface area (Å²) in [6.45, 7) is 0.678. The largest absolute Gasteiger partial charge is 0.447 e. The second-order valence-corrected chi connectivity index (χ2v) is 6.40.